The van der Waals surface area contributed by atoms with Crippen molar-refractivity contribution in [3.63, 3.8) is 0 Å². The van der Waals surface area contributed by atoms with Crippen LogP contribution in [0.3, 0.4) is 0 Å². The van der Waals surface area contributed by atoms with E-state index < -0.39 is 0 Å². The van der Waals surface area contributed by atoms with Gasteiger partial charge in [-0.05, 0) is 13.0 Å². The molecule has 0 unspecified atom stereocenters. The van der Waals surface area contributed by atoms with Gasteiger partial charge >= 0.3 is 0 Å². The van der Waals surface area contributed by atoms with E-state index in [9.17, 15) is 0 Å². The Labute approximate surface area is 95.3 Å². The topological polar surface area (TPSA) is 18.5 Å². The summed E-state index contributed by atoms with van der Waals surface area (Å²) in [5, 5.41) is 0. The molecular formula is C13H26O2. The van der Waals surface area contributed by atoms with Crippen molar-refractivity contribution in [2.45, 2.75) is 34.6 Å². The zero-order valence-corrected chi connectivity index (χ0v) is 11.3. The lowest BCUT2D eigenvalue weighted by atomic mass is 10.4. The molecule has 0 rings (SSSR count). The summed E-state index contributed by atoms with van der Waals surface area (Å²) >= 11 is 0. The van der Waals surface area contributed by atoms with Gasteiger partial charge in [-0.15, -0.1) is 0 Å². The van der Waals surface area contributed by atoms with Crippen LogP contribution in [0.4, 0.5) is 0 Å². The highest BCUT2D eigenvalue weighted by molar-refractivity contribution is 5.18. The third-order valence-electron chi connectivity index (χ3n) is 1.19. The minimum atomic E-state index is 0.736. The number of hydrogen-bond acceptors (Lipinski definition) is 2. The van der Waals surface area contributed by atoms with Crippen LogP contribution in [-0.4, -0.2) is 14.2 Å². The molecule has 0 aromatic carbocycles. The lowest BCUT2D eigenvalue weighted by Gasteiger charge is -2.01. The summed E-state index contributed by atoms with van der Waals surface area (Å²) in [5.74, 6) is 1.54. The molecule has 0 N–H and O–H groups in total. The maximum atomic E-state index is 5.00. The van der Waals surface area contributed by atoms with E-state index in [-0.39, 0.29) is 0 Å². The molecule has 2 heteroatoms. The van der Waals surface area contributed by atoms with Gasteiger partial charge in [0.2, 0.25) is 0 Å². The van der Waals surface area contributed by atoms with Crippen molar-refractivity contribution < 1.29 is 9.47 Å². The molecule has 2 nitrogen and oxygen atoms in total. The summed E-state index contributed by atoms with van der Waals surface area (Å²) in [4.78, 5) is 0. The predicted molar refractivity (Wildman–Crippen MR) is 68.8 cm³/mol. The predicted octanol–water partition coefficient (Wildman–Crippen LogP) is 4.31. The van der Waals surface area contributed by atoms with Crippen LogP contribution in [-0.2, 0) is 9.47 Å². The van der Waals surface area contributed by atoms with Crippen LogP contribution in [0.15, 0.2) is 36.3 Å². The van der Waals surface area contributed by atoms with E-state index in [1.165, 1.54) is 0 Å². The summed E-state index contributed by atoms with van der Waals surface area (Å²) in [5.41, 5.74) is 0. The molecule has 0 saturated carbocycles. The van der Waals surface area contributed by atoms with E-state index in [4.69, 9.17) is 9.47 Å². The summed E-state index contributed by atoms with van der Waals surface area (Å²) in [6.07, 6.45) is 5.22. The average molecular weight is 214 g/mol. The first-order chi connectivity index (χ1) is 7.24. The first-order valence-electron chi connectivity index (χ1n) is 5.33. The quantitative estimate of drug-likeness (QED) is 0.513. The van der Waals surface area contributed by atoms with Crippen molar-refractivity contribution in [3.8, 4) is 0 Å². The van der Waals surface area contributed by atoms with Gasteiger partial charge < -0.3 is 9.47 Å². The van der Waals surface area contributed by atoms with Crippen molar-refractivity contribution in [2.75, 3.05) is 14.2 Å². The van der Waals surface area contributed by atoms with Gasteiger partial charge in [0, 0.05) is 6.08 Å². The molecular weight excluding hydrogens is 188 g/mol. The van der Waals surface area contributed by atoms with Crippen LogP contribution >= 0.6 is 0 Å². The second kappa shape index (κ2) is 18.6. The first kappa shape index (κ1) is 19.4. The van der Waals surface area contributed by atoms with Crippen LogP contribution in [0, 0.1) is 0 Å². The van der Waals surface area contributed by atoms with Gasteiger partial charge in [-0.3, -0.25) is 0 Å². The number of methoxy groups -OCH3 is 2. The Morgan fingerprint density at radius 1 is 1.00 bits per heavy atom. The van der Waals surface area contributed by atoms with E-state index in [1.807, 2.05) is 34.6 Å². The summed E-state index contributed by atoms with van der Waals surface area (Å²) in [6, 6.07) is 0. The first-order valence-corrected chi connectivity index (χ1v) is 5.33. The van der Waals surface area contributed by atoms with Crippen LogP contribution in [0.1, 0.15) is 34.6 Å². The molecule has 0 amide bonds. The van der Waals surface area contributed by atoms with Crippen LogP contribution < -0.4 is 0 Å². The molecule has 0 aromatic heterocycles. The van der Waals surface area contributed by atoms with Crippen molar-refractivity contribution in [1.29, 1.82) is 0 Å². The van der Waals surface area contributed by atoms with Crippen LogP contribution in [0.5, 0.6) is 0 Å². The number of ether oxygens (including phenoxy) is 2. The zero-order chi connectivity index (χ0) is 12.7. The molecule has 0 aliphatic heterocycles. The number of allylic oxidation sites excluding steroid dienone is 4. The van der Waals surface area contributed by atoms with Crippen molar-refractivity contribution >= 4 is 0 Å². The lowest BCUT2D eigenvalue weighted by Crippen LogP contribution is -1.85. The Kier molecular flexibility index (Phi) is 24.0. The molecule has 0 spiro atoms. The third kappa shape index (κ3) is 15.6. The second-order valence-corrected chi connectivity index (χ2v) is 1.97. The SMILES string of the molecule is C=C/C=C(\C=C(/C)OC)OC.CC.CC. The maximum absolute atomic E-state index is 5.00. The fourth-order valence-corrected chi connectivity index (χ4v) is 0.550. The lowest BCUT2D eigenvalue weighted by molar-refractivity contribution is 0.277. The van der Waals surface area contributed by atoms with E-state index >= 15 is 0 Å². The Hall–Kier alpha value is -1.18. The van der Waals surface area contributed by atoms with Crippen molar-refractivity contribution in [3.05, 3.63) is 36.3 Å². The Morgan fingerprint density at radius 3 is 1.73 bits per heavy atom. The van der Waals surface area contributed by atoms with Gasteiger partial charge in [0.25, 0.3) is 0 Å². The fraction of sp³-hybridized carbons (Fsp3) is 0.538. The summed E-state index contributed by atoms with van der Waals surface area (Å²) in [7, 11) is 3.22. The van der Waals surface area contributed by atoms with Gasteiger partial charge in [0.1, 0.15) is 5.76 Å². The van der Waals surface area contributed by atoms with E-state index in [2.05, 4.69) is 6.58 Å². The monoisotopic (exact) mass is 214 g/mol. The molecule has 15 heavy (non-hydrogen) atoms. The summed E-state index contributed by atoms with van der Waals surface area (Å²) in [6.45, 7) is 13.4. The van der Waals surface area contributed by atoms with Gasteiger partial charge in [-0.25, -0.2) is 0 Å². The molecule has 0 radical (unpaired) electrons. The minimum absolute atomic E-state index is 0.736. The van der Waals surface area contributed by atoms with E-state index in [1.54, 1.807) is 32.4 Å². The van der Waals surface area contributed by atoms with Crippen molar-refractivity contribution in [1.82, 2.24) is 0 Å². The molecule has 0 fully saturated rings. The molecule has 0 saturated heterocycles. The van der Waals surface area contributed by atoms with Crippen LogP contribution in [0.2, 0.25) is 0 Å². The molecule has 90 valence electrons. The maximum Gasteiger partial charge on any atom is 0.122 e. The second-order valence-electron chi connectivity index (χ2n) is 1.97. The Bertz CT molecular complexity index is 179. The molecule has 0 aliphatic rings. The van der Waals surface area contributed by atoms with Gasteiger partial charge in [0.05, 0.1) is 20.0 Å². The highest BCUT2D eigenvalue weighted by Crippen LogP contribution is 2.03. The molecule has 0 aromatic rings. The number of hydrogen-bond donors (Lipinski definition) is 0. The molecule has 0 atom stereocenters. The minimum Gasteiger partial charge on any atom is -0.501 e. The van der Waals surface area contributed by atoms with Crippen LogP contribution in [0.25, 0.3) is 0 Å². The molecule has 0 bridgehead atoms. The largest absolute Gasteiger partial charge is 0.501 e. The standard InChI is InChI=1S/C9H14O2.2C2H6/c1-5-6-9(11-4)7-8(2)10-3;2*1-2/h5-7H,1H2,2-4H3;2*1-2H3/b8-7+,9-6+;;. The normalized spacial score (nSPS) is 10.1. The van der Waals surface area contributed by atoms with Gasteiger partial charge in [-0.1, -0.05) is 40.3 Å². The van der Waals surface area contributed by atoms with Crippen molar-refractivity contribution in [2.24, 2.45) is 0 Å². The highest BCUT2D eigenvalue weighted by atomic mass is 16.5. The third-order valence-corrected chi connectivity index (χ3v) is 1.19. The Balaban J connectivity index is -0.000000318. The number of rotatable bonds is 4. The van der Waals surface area contributed by atoms with Gasteiger partial charge in [-0.2, -0.15) is 0 Å². The smallest absolute Gasteiger partial charge is 0.122 e. The zero-order valence-electron chi connectivity index (χ0n) is 11.3. The Morgan fingerprint density at radius 2 is 1.47 bits per heavy atom. The fourth-order valence-electron chi connectivity index (χ4n) is 0.550. The summed E-state index contributed by atoms with van der Waals surface area (Å²) < 4.78 is 9.93. The average Bonchev–Trinajstić information content (AvgIpc) is 2.33. The molecule has 0 aliphatic carbocycles. The van der Waals surface area contributed by atoms with E-state index in [0.29, 0.717) is 0 Å². The van der Waals surface area contributed by atoms with Gasteiger partial charge in [0.15, 0.2) is 0 Å². The molecule has 0 heterocycles. The van der Waals surface area contributed by atoms with E-state index in [0.717, 1.165) is 11.5 Å². The highest BCUT2D eigenvalue weighted by Gasteiger charge is 1.90.